The molecule has 1 N–H and O–H groups in total. The van der Waals surface area contributed by atoms with Crippen LogP contribution in [0.1, 0.15) is 25.8 Å². The predicted molar refractivity (Wildman–Crippen MR) is 82.6 cm³/mol. The fraction of sp³-hybridized carbons (Fsp3) is 0.429. The molecule has 1 fully saturated rings. The molecule has 1 saturated heterocycles. The van der Waals surface area contributed by atoms with Crippen molar-refractivity contribution in [1.29, 1.82) is 0 Å². The first kappa shape index (κ1) is 14.5. The molecule has 0 bridgehead atoms. The Morgan fingerprint density at radius 3 is 2.76 bits per heavy atom. The second kappa shape index (κ2) is 5.42. The van der Waals surface area contributed by atoms with Crippen molar-refractivity contribution in [3.05, 3.63) is 27.7 Å². The SMILES string of the molecule is CC(C(=O)N1CCCC1)n1c(=S)[nH]c2cc(Cl)c(F)cc21. The van der Waals surface area contributed by atoms with Gasteiger partial charge >= 0.3 is 0 Å². The number of H-pyrrole nitrogens is 1. The summed E-state index contributed by atoms with van der Waals surface area (Å²) in [5.74, 6) is -0.507. The lowest BCUT2D eigenvalue weighted by Crippen LogP contribution is -2.34. The summed E-state index contributed by atoms with van der Waals surface area (Å²) in [5.41, 5.74) is 1.19. The van der Waals surface area contributed by atoms with E-state index in [9.17, 15) is 9.18 Å². The first-order valence-corrected chi connectivity index (χ1v) is 7.65. The molecule has 0 aliphatic carbocycles. The van der Waals surface area contributed by atoms with Gasteiger partial charge in [-0.25, -0.2) is 4.39 Å². The van der Waals surface area contributed by atoms with Crippen molar-refractivity contribution in [2.45, 2.75) is 25.8 Å². The van der Waals surface area contributed by atoms with Gasteiger partial charge in [0, 0.05) is 19.2 Å². The van der Waals surface area contributed by atoms with E-state index in [4.69, 9.17) is 23.8 Å². The van der Waals surface area contributed by atoms with E-state index in [-0.39, 0.29) is 10.9 Å². The minimum absolute atomic E-state index is 0.0138. The van der Waals surface area contributed by atoms with Gasteiger partial charge in [0.25, 0.3) is 0 Å². The van der Waals surface area contributed by atoms with Gasteiger partial charge in [0.15, 0.2) is 4.77 Å². The summed E-state index contributed by atoms with van der Waals surface area (Å²) in [5, 5.41) is 0.0319. The Morgan fingerprint density at radius 2 is 2.10 bits per heavy atom. The minimum atomic E-state index is -0.521. The highest BCUT2D eigenvalue weighted by Crippen LogP contribution is 2.26. The quantitative estimate of drug-likeness (QED) is 0.855. The molecule has 2 aromatic rings. The summed E-state index contributed by atoms with van der Waals surface area (Å²) >= 11 is 11.1. The maximum atomic E-state index is 13.7. The van der Waals surface area contributed by atoms with E-state index in [1.807, 2.05) is 4.90 Å². The molecule has 1 aromatic heterocycles. The van der Waals surface area contributed by atoms with Crippen molar-refractivity contribution in [3.8, 4) is 0 Å². The van der Waals surface area contributed by atoms with E-state index in [1.54, 1.807) is 11.5 Å². The number of amides is 1. The minimum Gasteiger partial charge on any atom is -0.341 e. The van der Waals surface area contributed by atoms with E-state index in [0.717, 1.165) is 25.9 Å². The third kappa shape index (κ3) is 2.46. The Labute approximate surface area is 131 Å². The van der Waals surface area contributed by atoms with Gasteiger partial charge in [-0.05, 0) is 38.0 Å². The highest BCUT2D eigenvalue weighted by molar-refractivity contribution is 7.71. The van der Waals surface area contributed by atoms with Gasteiger partial charge in [0.2, 0.25) is 5.91 Å². The first-order valence-electron chi connectivity index (χ1n) is 6.87. The molecule has 0 saturated carbocycles. The van der Waals surface area contributed by atoms with Crippen LogP contribution in [0.25, 0.3) is 11.0 Å². The van der Waals surface area contributed by atoms with Gasteiger partial charge in [0.1, 0.15) is 11.9 Å². The van der Waals surface area contributed by atoms with Gasteiger partial charge < -0.3 is 14.5 Å². The Kier molecular flexibility index (Phi) is 3.75. The highest BCUT2D eigenvalue weighted by atomic mass is 35.5. The predicted octanol–water partition coefficient (Wildman–Crippen LogP) is 3.67. The van der Waals surface area contributed by atoms with E-state index in [1.165, 1.54) is 12.1 Å². The number of likely N-dealkylation sites (tertiary alicyclic amines) is 1. The van der Waals surface area contributed by atoms with Crippen molar-refractivity contribution >= 4 is 40.8 Å². The highest BCUT2D eigenvalue weighted by Gasteiger charge is 2.26. The van der Waals surface area contributed by atoms with E-state index in [2.05, 4.69) is 4.98 Å². The number of aromatic nitrogens is 2. The number of nitrogens with one attached hydrogen (secondary N) is 1. The van der Waals surface area contributed by atoms with Gasteiger partial charge in [-0.2, -0.15) is 0 Å². The standard InChI is InChI=1S/C14H15ClFN3OS/c1-8(13(20)18-4-2-3-5-18)19-12-7-10(16)9(15)6-11(12)17-14(19)21/h6-8H,2-5H2,1H3,(H,17,21). The van der Waals surface area contributed by atoms with Crippen LogP contribution >= 0.6 is 23.8 Å². The lowest BCUT2D eigenvalue weighted by Gasteiger charge is -2.21. The number of hydrogen-bond donors (Lipinski definition) is 1. The maximum absolute atomic E-state index is 13.7. The number of hydrogen-bond acceptors (Lipinski definition) is 2. The second-order valence-corrected chi connectivity index (χ2v) is 6.09. The summed E-state index contributed by atoms with van der Waals surface area (Å²) in [7, 11) is 0. The molecule has 1 aliphatic heterocycles. The van der Waals surface area contributed by atoms with Crippen molar-refractivity contribution in [3.63, 3.8) is 0 Å². The number of halogens is 2. The van der Waals surface area contributed by atoms with Crippen molar-refractivity contribution in [2.75, 3.05) is 13.1 Å². The van der Waals surface area contributed by atoms with Crippen molar-refractivity contribution in [1.82, 2.24) is 14.5 Å². The second-order valence-electron chi connectivity index (χ2n) is 5.29. The third-order valence-electron chi connectivity index (χ3n) is 3.92. The average molecular weight is 328 g/mol. The van der Waals surface area contributed by atoms with Gasteiger partial charge in [-0.1, -0.05) is 11.6 Å². The summed E-state index contributed by atoms with van der Waals surface area (Å²) in [6, 6.07) is 2.34. The van der Waals surface area contributed by atoms with E-state index in [0.29, 0.717) is 15.8 Å². The molecule has 4 nitrogen and oxygen atoms in total. The molecule has 0 spiro atoms. The smallest absolute Gasteiger partial charge is 0.245 e. The van der Waals surface area contributed by atoms with Crippen LogP contribution < -0.4 is 0 Å². The number of benzene rings is 1. The number of aromatic amines is 1. The Hall–Kier alpha value is -1.40. The number of fused-ring (bicyclic) bond motifs is 1. The number of rotatable bonds is 2. The third-order valence-corrected chi connectivity index (χ3v) is 4.51. The van der Waals surface area contributed by atoms with Crippen LogP contribution in [0.15, 0.2) is 12.1 Å². The van der Waals surface area contributed by atoms with E-state index >= 15 is 0 Å². The molecule has 1 unspecified atom stereocenters. The fourth-order valence-electron chi connectivity index (χ4n) is 2.82. The summed E-state index contributed by atoms with van der Waals surface area (Å²) in [6.07, 6.45) is 2.06. The maximum Gasteiger partial charge on any atom is 0.245 e. The molecule has 0 radical (unpaired) electrons. The van der Waals surface area contributed by atoms with Crippen molar-refractivity contribution in [2.24, 2.45) is 0 Å². The summed E-state index contributed by atoms with van der Waals surface area (Å²) in [6.45, 7) is 3.34. The van der Waals surface area contributed by atoms with Crippen LogP contribution in [0, 0.1) is 10.6 Å². The first-order chi connectivity index (χ1) is 9.99. The van der Waals surface area contributed by atoms with Gasteiger partial charge in [-0.15, -0.1) is 0 Å². The lowest BCUT2D eigenvalue weighted by molar-refractivity contribution is -0.133. The topological polar surface area (TPSA) is 41.0 Å². The van der Waals surface area contributed by atoms with Crippen LogP contribution in [0.5, 0.6) is 0 Å². The number of imidazole rings is 1. The van der Waals surface area contributed by atoms with E-state index < -0.39 is 11.9 Å². The molecule has 1 aromatic carbocycles. The summed E-state index contributed by atoms with van der Waals surface area (Å²) < 4.78 is 15.8. The zero-order valence-electron chi connectivity index (χ0n) is 11.5. The Balaban J connectivity index is 2.06. The average Bonchev–Trinajstić information content (AvgIpc) is 3.06. The zero-order chi connectivity index (χ0) is 15.1. The number of nitrogens with zero attached hydrogens (tertiary/aromatic N) is 2. The lowest BCUT2D eigenvalue weighted by atomic mass is 10.2. The Bertz CT molecular complexity index is 763. The molecular formula is C14H15ClFN3OS. The monoisotopic (exact) mass is 327 g/mol. The molecular weight excluding hydrogens is 313 g/mol. The largest absolute Gasteiger partial charge is 0.341 e. The van der Waals surface area contributed by atoms with Crippen molar-refractivity contribution < 1.29 is 9.18 Å². The Morgan fingerprint density at radius 1 is 1.43 bits per heavy atom. The molecule has 21 heavy (non-hydrogen) atoms. The van der Waals surface area contributed by atoms with Crippen LogP contribution in [0.4, 0.5) is 4.39 Å². The van der Waals surface area contributed by atoms with Gasteiger partial charge in [-0.3, -0.25) is 4.79 Å². The van der Waals surface area contributed by atoms with Crippen LogP contribution in [0.2, 0.25) is 5.02 Å². The molecule has 3 rings (SSSR count). The van der Waals surface area contributed by atoms with Gasteiger partial charge in [0.05, 0.1) is 16.1 Å². The molecule has 2 heterocycles. The van der Waals surface area contributed by atoms with Crippen LogP contribution in [0.3, 0.4) is 0 Å². The summed E-state index contributed by atoms with van der Waals surface area (Å²) in [4.78, 5) is 17.3. The fourth-order valence-corrected chi connectivity index (χ4v) is 3.35. The number of carbonyl (C=O) groups is 1. The van der Waals surface area contributed by atoms with Crippen LogP contribution in [-0.2, 0) is 4.79 Å². The molecule has 112 valence electrons. The van der Waals surface area contributed by atoms with Crippen LogP contribution in [-0.4, -0.2) is 33.4 Å². The molecule has 1 aliphatic rings. The molecule has 1 atom stereocenters. The number of carbonyl (C=O) groups excluding carboxylic acids is 1. The molecule has 1 amide bonds. The molecule has 7 heteroatoms. The zero-order valence-corrected chi connectivity index (χ0v) is 13.1. The normalized spacial score (nSPS) is 16.6.